The lowest BCUT2D eigenvalue weighted by Gasteiger charge is -2.32. The normalized spacial score (nSPS) is 15.0. The molecule has 0 spiro atoms. The van der Waals surface area contributed by atoms with E-state index in [0.29, 0.717) is 18.7 Å². The second-order valence-electron chi connectivity index (χ2n) is 6.40. The first kappa shape index (κ1) is 18.2. The molecule has 26 heavy (non-hydrogen) atoms. The Morgan fingerprint density at radius 1 is 1.08 bits per heavy atom. The van der Waals surface area contributed by atoms with Crippen LogP contribution >= 0.6 is 0 Å². The molecular weight excluding hydrogens is 335 g/mol. The zero-order chi connectivity index (χ0) is 18.5. The summed E-state index contributed by atoms with van der Waals surface area (Å²) in [5, 5.41) is 0. The van der Waals surface area contributed by atoms with Crippen molar-refractivity contribution in [3.05, 3.63) is 59.4 Å². The van der Waals surface area contributed by atoms with E-state index >= 15 is 0 Å². The Morgan fingerprint density at radius 2 is 1.77 bits per heavy atom. The van der Waals surface area contributed by atoms with Gasteiger partial charge in [-0.25, -0.2) is 4.39 Å². The molecule has 1 N–H and O–H groups in total. The summed E-state index contributed by atoms with van der Waals surface area (Å²) in [5.41, 5.74) is 1.66. The van der Waals surface area contributed by atoms with Gasteiger partial charge in [-0.2, -0.15) is 0 Å². The topological polar surface area (TPSA) is 43.2 Å². The minimum Gasteiger partial charge on any atom is -0.497 e. The predicted octanol–water partition coefficient (Wildman–Crippen LogP) is 1.38. The number of amides is 1. The maximum absolute atomic E-state index is 13.0. The number of carbonyl (C=O) groups excluding carboxylic acids is 1. The van der Waals surface area contributed by atoms with Crippen LogP contribution in [0.4, 0.5) is 4.39 Å². The molecule has 0 atom stereocenters. The van der Waals surface area contributed by atoms with Gasteiger partial charge in [0, 0.05) is 17.2 Å². The Bertz CT molecular complexity index is 756. The van der Waals surface area contributed by atoms with E-state index < -0.39 is 0 Å². The molecule has 1 heterocycles. The van der Waals surface area contributed by atoms with E-state index in [2.05, 4.69) is 0 Å². The number of piperazine rings is 1. The van der Waals surface area contributed by atoms with Gasteiger partial charge in [-0.05, 0) is 36.4 Å². The standard InChI is InChI=1S/C20H23FN2O3/c1-25-18-8-5-16(19(13-18)26-2)14-22-9-11-23(12-10-22)20(24)15-3-6-17(21)7-4-15/h3-8,13H,9-12,14H2,1-2H3/p+1. The molecule has 0 aliphatic carbocycles. The van der Waals surface area contributed by atoms with Gasteiger partial charge in [0.15, 0.2) is 0 Å². The lowest BCUT2D eigenvalue weighted by atomic mass is 10.1. The number of ether oxygens (including phenoxy) is 2. The average molecular weight is 359 g/mol. The molecule has 5 nitrogen and oxygen atoms in total. The van der Waals surface area contributed by atoms with E-state index in [-0.39, 0.29) is 11.7 Å². The van der Waals surface area contributed by atoms with Crippen LogP contribution in [-0.4, -0.2) is 51.2 Å². The van der Waals surface area contributed by atoms with Crippen molar-refractivity contribution in [1.82, 2.24) is 4.90 Å². The largest absolute Gasteiger partial charge is 0.497 e. The second-order valence-corrected chi connectivity index (χ2v) is 6.40. The zero-order valence-corrected chi connectivity index (χ0v) is 15.1. The number of carbonyl (C=O) groups is 1. The molecule has 2 aromatic carbocycles. The van der Waals surface area contributed by atoms with Crippen molar-refractivity contribution >= 4 is 5.91 Å². The summed E-state index contributed by atoms with van der Waals surface area (Å²) in [4.78, 5) is 15.7. The first-order valence-electron chi connectivity index (χ1n) is 8.70. The molecule has 0 unspecified atom stereocenters. The molecule has 1 fully saturated rings. The Kier molecular flexibility index (Phi) is 5.73. The lowest BCUT2D eigenvalue weighted by Crippen LogP contribution is -3.13. The third-order valence-electron chi connectivity index (χ3n) is 4.78. The van der Waals surface area contributed by atoms with Gasteiger partial charge in [0.1, 0.15) is 23.9 Å². The van der Waals surface area contributed by atoms with Gasteiger partial charge in [0.2, 0.25) is 0 Å². The summed E-state index contributed by atoms with van der Waals surface area (Å²) in [6.07, 6.45) is 0. The number of quaternary nitrogens is 1. The van der Waals surface area contributed by atoms with Crippen molar-refractivity contribution < 1.29 is 23.6 Å². The van der Waals surface area contributed by atoms with Crippen molar-refractivity contribution in [3.63, 3.8) is 0 Å². The zero-order valence-electron chi connectivity index (χ0n) is 15.1. The Labute approximate surface area is 152 Å². The number of methoxy groups -OCH3 is 2. The molecule has 1 amide bonds. The number of rotatable bonds is 5. The van der Waals surface area contributed by atoms with Crippen LogP contribution in [0, 0.1) is 5.82 Å². The number of nitrogens with zero attached hydrogens (tertiary/aromatic N) is 1. The molecule has 0 aromatic heterocycles. The highest BCUT2D eigenvalue weighted by Gasteiger charge is 2.25. The number of hydrogen-bond donors (Lipinski definition) is 1. The smallest absolute Gasteiger partial charge is 0.254 e. The van der Waals surface area contributed by atoms with Crippen LogP contribution in [0.25, 0.3) is 0 Å². The highest BCUT2D eigenvalue weighted by molar-refractivity contribution is 5.94. The number of benzene rings is 2. The van der Waals surface area contributed by atoms with E-state index in [1.54, 1.807) is 26.4 Å². The summed E-state index contributed by atoms with van der Waals surface area (Å²) in [6, 6.07) is 11.6. The van der Waals surface area contributed by atoms with E-state index in [9.17, 15) is 9.18 Å². The third-order valence-corrected chi connectivity index (χ3v) is 4.78. The van der Waals surface area contributed by atoms with Crippen LogP contribution in [0.3, 0.4) is 0 Å². The maximum Gasteiger partial charge on any atom is 0.254 e. The van der Waals surface area contributed by atoms with Crippen LogP contribution in [0.2, 0.25) is 0 Å². The van der Waals surface area contributed by atoms with Gasteiger partial charge in [-0.1, -0.05) is 0 Å². The van der Waals surface area contributed by atoms with E-state index in [4.69, 9.17) is 9.47 Å². The van der Waals surface area contributed by atoms with Crippen LogP contribution < -0.4 is 14.4 Å². The summed E-state index contributed by atoms with van der Waals surface area (Å²) in [6.45, 7) is 3.93. The van der Waals surface area contributed by atoms with Crippen LogP contribution in [0.15, 0.2) is 42.5 Å². The van der Waals surface area contributed by atoms with Gasteiger partial charge in [-0.15, -0.1) is 0 Å². The van der Waals surface area contributed by atoms with Gasteiger partial charge in [0.25, 0.3) is 5.91 Å². The lowest BCUT2D eigenvalue weighted by molar-refractivity contribution is -0.917. The minimum atomic E-state index is -0.329. The highest BCUT2D eigenvalue weighted by Crippen LogP contribution is 2.23. The molecule has 1 aliphatic rings. The molecule has 1 saturated heterocycles. The van der Waals surface area contributed by atoms with E-state index in [1.807, 2.05) is 23.1 Å². The fourth-order valence-corrected chi connectivity index (χ4v) is 3.25. The first-order valence-corrected chi connectivity index (χ1v) is 8.70. The summed E-state index contributed by atoms with van der Waals surface area (Å²) in [7, 11) is 3.30. The van der Waals surface area contributed by atoms with Gasteiger partial charge in [-0.3, -0.25) is 4.79 Å². The summed E-state index contributed by atoms with van der Waals surface area (Å²) < 4.78 is 23.7. The van der Waals surface area contributed by atoms with Crippen molar-refractivity contribution in [3.8, 4) is 11.5 Å². The molecule has 0 radical (unpaired) electrons. The summed E-state index contributed by atoms with van der Waals surface area (Å²) in [5.74, 6) is 1.23. The quantitative estimate of drug-likeness (QED) is 0.877. The van der Waals surface area contributed by atoms with Crippen molar-refractivity contribution in [2.45, 2.75) is 6.54 Å². The second kappa shape index (κ2) is 8.19. The van der Waals surface area contributed by atoms with Gasteiger partial charge in [0.05, 0.1) is 40.4 Å². The van der Waals surface area contributed by atoms with Gasteiger partial charge >= 0.3 is 0 Å². The molecule has 6 heteroatoms. The molecule has 1 aliphatic heterocycles. The Balaban J connectivity index is 1.58. The van der Waals surface area contributed by atoms with Crippen molar-refractivity contribution in [2.75, 3.05) is 40.4 Å². The maximum atomic E-state index is 13.0. The molecule has 0 bridgehead atoms. The monoisotopic (exact) mass is 359 g/mol. The average Bonchev–Trinajstić information content (AvgIpc) is 2.69. The molecule has 0 saturated carbocycles. The predicted molar refractivity (Wildman–Crippen MR) is 96.3 cm³/mol. The van der Waals surface area contributed by atoms with Crippen LogP contribution in [0.1, 0.15) is 15.9 Å². The molecular formula is C20H24FN2O3+. The van der Waals surface area contributed by atoms with Crippen LogP contribution in [0.5, 0.6) is 11.5 Å². The van der Waals surface area contributed by atoms with Gasteiger partial charge < -0.3 is 19.3 Å². The summed E-state index contributed by atoms with van der Waals surface area (Å²) >= 11 is 0. The first-order chi connectivity index (χ1) is 12.6. The van der Waals surface area contributed by atoms with Crippen LogP contribution in [-0.2, 0) is 6.54 Å². The fraction of sp³-hybridized carbons (Fsp3) is 0.350. The minimum absolute atomic E-state index is 0.0360. The highest BCUT2D eigenvalue weighted by atomic mass is 19.1. The fourth-order valence-electron chi connectivity index (χ4n) is 3.25. The number of hydrogen-bond acceptors (Lipinski definition) is 3. The number of halogens is 1. The Morgan fingerprint density at radius 3 is 2.38 bits per heavy atom. The third kappa shape index (κ3) is 4.14. The SMILES string of the molecule is COc1ccc(C[NH+]2CCN(C(=O)c3ccc(F)cc3)CC2)c(OC)c1. The van der Waals surface area contributed by atoms with E-state index in [0.717, 1.165) is 36.7 Å². The molecule has 138 valence electrons. The Hall–Kier alpha value is -2.60. The molecule has 3 rings (SSSR count). The van der Waals surface area contributed by atoms with Crippen molar-refractivity contribution in [2.24, 2.45) is 0 Å². The van der Waals surface area contributed by atoms with E-state index in [1.165, 1.54) is 17.0 Å². The van der Waals surface area contributed by atoms with Crippen molar-refractivity contribution in [1.29, 1.82) is 0 Å². The number of nitrogens with one attached hydrogen (secondary N) is 1. The molecule has 2 aromatic rings.